The number of carbonyl (C=O) groups is 1. The van der Waals surface area contributed by atoms with Gasteiger partial charge in [0, 0.05) is 0 Å². The molecule has 0 saturated carbocycles. The molecule has 3 aromatic rings. The Kier molecular flexibility index (Phi) is 5.97. The summed E-state index contributed by atoms with van der Waals surface area (Å²) in [7, 11) is 0. The number of hydrogen-bond donors (Lipinski definition) is 2. The van der Waals surface area contributed by atoms with Gasteiger partial charge in [0.15, 0.2) is 5.16 Å². The second-order valence-corrected chi connectivity index (χ2v) is 6.61. The lowest BCUT2D eigenvalue weighted by Gasteiger charge is -2.14. The Bertz CT molecular complexity index is 969. The second-order valence-electron chi connectivity index (χ2n) is 5.67. The molecule has 2 heterocycles. The Labute approximate surface area is 160 Å². The highest BCUT2D eigenvalue weighted by Gasteiger charge is 2.17. The van der Waals surface area contributed by atoms with Gasteiger partial charge in [-0.3, -0.25) is 14.2 Å². The van der Waals surface area contributed by atoms with E-state index in [4.69, 9.17) is 4.42 Å². The first-order valence-corrected chi connectivity index (χ1v) is 9.41. The minimum atomic E-state index is -0.338. The number of benzene rings is 1. The van der Waals surface area contributed by atoms with Gasteiger partial charge in [0.25, 0.3) is 5.56 Å². The van der Waals surface area contributed by atoms with Crippen LogP contribution in [0.2, 0.25) is 0 Å². The quantitative estimate of drug-likeness (QED) is 0.479. The van der Waals surface area contributed by atoms with Gasteiger partial charge >= 0.3 is 0 Å². The Morgan fingerprint density at radius 3 is 2.70 bits per heavy atom. The predicted molar refractivity (Wildman–Crippen MR) is 102 cm³/mol. The molecule has 8 heteroatoms. The van der Waals surface area contributed by atoms with Crippen molar-refractivity contribution in [1.82, 2.24) is 14.9 Å². The molecule has 0 radical (unpaired) electrons. The zero-order valence-corrected chi connectivity index (χ0v) is 15.5. The summed E-state index contributed by atoms with van der Waals surface area (Å²) in [5.41, 5.74) is 0.531. The van der Waals surface area contributed by atoms with Gasteiger partial charge in [-0.2, -0.15) is 4.98 Å². The fraction of sp³-hybridized carbons (Fsp3) is 0.211. The number of amides is 1. The molecule has 3 rings (SSSR count). The first-order chi connectivity index (χ1) is 13.1. The van der Waals surface area contributed by atoms with Crippen LogP contribution in [0.4, 0.5) is 0 Å². The third-order valence-electron chi connectivity index (χ3n) is 3.86. The molecule has 0 aliphatic carbocycles. The van der Waals surface area contributed by atoms with Crippen molar-refractivity contribution in [3.05, 3.63) is 70.4 Å². The summed E-state index contributed by atoms with van der Waals surface area (Å²) < 4.78 is 6.59. The molecule has 0 atom stereocenters. The highest BCUT2D eigenvalue weighted by Crippen LogP contribution is 2.22. The molecule has 0 aliphatic heterocycles. The largest absolute Gasteiger partial charge is 0.493 e. The summed E-state index contributed by atoms with van der Waals surface area (Å²) in [4.78, 5) is 29.1. The van der Waals surface area contributed by atoms with Crippen molar-refractivity contribution in [2.75, 3.05) is 5.75 Å². The number of aromatic hydroxyl groups is 1. The van der Waals surface area contributed by atoms with E-state index in [2.05, 4.69) is 10.3 Å². The summed E-state index contributed by atoms with van der Waals surface area (Å²) >= 11 is 1.08. The summed E-state index contributed by atoms with van der Waals surface area (Å²) in [5.74, 6) is 0.167. The maximum absolute atomic E-state index is 12.8. The van der Waals surface area contributed by atoms with Crippen LogP contribution in [0.25, 0.3) is 5.69 Å². The lowest BCUT2D eigenvalue weighted by atomic mass is 10.2. The van der Waals surface area contributed by atoms with Gasteiger partial charge in [-0.25, -0.2) is 0 Å². The van der Waals surface area contributed by atoms with Crippen LogP contribution in [0.5, 0.6) is 5.88 Å². The van der Waals surface area contributed by atoms with E-state index in [1.807, 2.05) is 18.2 Å². The van der Waals surface area contributed by atoms with Crippen LogP contribution in [-0.4, -0.2) is 26.3 Å². The third kappa shape index (κ3) is 4.40. The molecule has 1 amide bonds. The highest BCUT2D eigenvalue weighted by molar-refractivity contribution is 7.99. The minimum Gasteiger partial charge on any atom is -0.493 e. The van der Waals surface area contributed by atoms with Crippen LogP contribution in [0.1, 0.15) is 18.2 Å². The topological polar surface area (TPSA) is 97.4 Å². The normalized spacial score (nSPS) is 10.7. The average Bonchev–Trinajstić information content (AvgIpc) is 3.19. The number of aromatic nitrogens is 2. The summed E-state index contributed by atoms with van der Waals surface area (Å²) in [6, 6.07) is 12.5. The number of furan rings is 1. The molecule has 1 aromatic carbocycles. The van der Waals surface area contributed by atoms with E-state index in [9.17, 15) is 14.7 Å². The molecule has 0 aliphatic rings. The van der Waals surface area contributed by atoms with Crippen LogP contribution in [-0.2, 0) is 17.8 Å². The van der Waals surface area contributed by atoms with Crippen LogP contribution in [0.3, 0.4) is 0 Å². The van der Waals surface area contributed by atoms with Gasteiger partial charge in [0.1, 0.15) is 5.76 Å². The Morgan fingerprint density at radius 1 is 1.26 bits per heavy atom. The summed E-state index contributed by atoms with van der Waals surface area (Å²) in [6.07, 6.45) is 1.90. The van der Waals surface area contributed by atoms with E-state index >= 15 is 0 Å². The number of para-hydroxylation sites is 1. The number of rotatable bonds is 7. The number of nitrogens with one attached hydrogen (secondary N) is 1. The predicted octanol–water partition coefficient (Wildman–Crippen LogP) is 2.50. The van der Waals surface area contributed by atoms with E-state index in [1.54, 1.807) is 31.2 Å². The van der Waals surface area contributed by atoms with Crippen molar-refractivity contribution in [3.8, 4) is 11.6 Å². The van der Waals surface area contributed by atoms with Gasteiger partial charge in [-0.15, -0.1) is 0 Å². The van der Waals surface area contributed by atoms with E-state index in [1.165, 1.54) is 10.8 Å². The van der Waals surface area contributed by atoms with Crippen molar-refractivity contribution in [2.45, 2.75) is 25.0 Å². The van der Waals surface area contributed by atoms with Crippen molar-refractivity contribution >= 4 is 17.7 Å². The standard InChI is InChI=1S/C19H19N3O4S/c1-2-15-17(24)21-19(22(18(15)25)13-7-4-3-5-8-13)27-12-16(23)20-11-14-9-6-10-26-14/h3-10,24H,2,11-12H2,1H3,(H,20,23). The van der Waals surface area contributed by atoms with E-state index in [0.29, 0.717) is 17.9 Å². The van der Waals surface area contributed by atoms with Crippen LogP contribution in [0, 0.1) is 0 Å². The smallest absolute Gasteiger partial charge is 0.265 e. The van der Waals surface area contributed by atoms with Crippen LogP contribution in [0.15, 0.2) is 63.1 Å². The van der Waals surface area contributed by atoms with Crippen molar-refractivity contribution in [3.63, 3.8) is 0 Å². The number of thioether (sulfide) groups is 1. The summed E-state index contributed by atoms with van der Waals surface area (Å²) in [5, 5.41) is 13.1. The van der Waals surface area contributed by atoms with Gasteiger partial charge in [-0.05, 0) is 30.7 Å². The lowest BCUT2D eigenvalue weighted by Crippen LogP contribution is -2.27. The Balaban J connectivity index is 1.82. The lowest BCUT2D eigenvalue weighted by molar-refractivity contribution is -0.118. The molecule has 0 saturated heterocycles. The SMILES string of the molecule is CCc1c(O)nc(SCC(=O)NCc2ccco2)n(-c2ccccc2)c1=O. The van der Waals surface area contributed by atoms with Gasteiger partial charge in [0.05, 0.1) is 29.8 Å². The van der Waals surface area contributed by atoms with E-state index in [-0.39, 0.29) is 40.4 Å². The van der Waals surface area contributed by atoms with Crippen LogP contribution < -0.4 is 10.9 Å². The van der Waals surface area contributed by atoms with Gasteiger partial charge in [0.2, 0.25) is 11.8 Å². The molecule has 27 heavy (non-hydrogen) atoms. The first kappa shape index (κ1) is 18.8. The zero-order chi connectivity index (χ0) is 19.2. The van der Waals surface area contributed by atoms with Crippen LogP contribution >= 0.6 is 11.8 Å². The molecule has 0 spiro atoms. The van der Waals surface area contributed by atoms with Crippen molar-refractivity contribution in [2.24, 2.45) is 0 Å². The first-order valence-electron chi connectivity index (χ1n) is 8.42. The maximum atomic E-state index is 12.8. The Hall–Kier alpha value is -3.00. The number of hydrogen-bond acceptors (Lipinski definition) is 6. The Morgan fingerprint density at radius 2 is 2.04 bits per heavy atom. The van der Waals surface area contributed by atoms with Gasteiger partial charge < -0.3 is 14.8 Å². The van der Waals surface area contributed by atoms with Crippen molar-refractivity contribution in [1.29, 1.82) is 0 Å². The highest BCUT2D eigenvalue weighted by atomic mass is 32.2. The molecular weight excluding hydrogens is 366 g/mol. The monoisotopic (exact) mass is 385 g/mol. The summed E-state index contributed by atoms with van der Waals surface area (Å²) in [6.45, 7) is 2.06. The van der Waals surface area contributed by atoms with E-state index in [0.717, 1.165) is 11.8 Å². The number of carbonyl (C=O) groups excluding carboxylic acids is 1. The second kappa shape index (κ2) is 8.59. The average molecular weight is 385 g/mol. The fourth-order valence-electron chi connectivity index (χ4n) is 2.52. The molecule has 0 unspecified atom stereocenters. The minimum absolute atomic E-state index is 0.0465. The zero-order valence-electron chi connectivity index (χ0n) is 14.7. The molecule has 7 nitrogen and oxygen atoms in total. The number of nitrogens with zero attached hydrogens (tertiary/aromatic N) is 2. The molecule has 0 bridgehead atoms. The van der Waals surface area contributed by atoms with Crippen molar-refractivity contribution < 1.29 is 14.3 Å². The molecular formula is C19H19N3O4S. The maximum Gasteiger partial charge on any atom is 0.265 e. The third-order valence-corrected chi connectivity index (χ3v) is 4.80. The molecule has 140 valence electrons. The molecule has 2 N–H and O–H groups in total. The van der Waals surface area contributed by atoms with E-state index < -0.39 is 0 Å². The van der Waals surface area contributed by atoms with Gasteiger partial charge in [-0.1, -0.05) is 36.9 Å². The fourth-order valence-corrected chi connectivity index (χ4v) is 3.35. The molecule has 0 fully saturated rings. The molecule has 2 aromatic heterocycles.